The Morgan fingerprint density at radius 2 is 2.30 bits per heavy atom. The molecule has 20 heavy (non-hydrogen) atoms. The number of thioether (sulfide) groups is 1. The molecule has 0 bridgehead atoms. The quantitative estimate of drug-likeness (QED) is 0.669. The van der Waals surface area contributed by atoms with E-state index in [4.69, 9.17) is 10.6 Å². The second kappa shape index (κ2) is 5.99. The lowest BCUT2D eigenvalue weighted by molar-refractivity contribution is 0.127. The molecule has 1 aliphatic heterocycles. The molecule has 5 heteroatoms. The van der Waals surface area contributed by atoms with E-state index in [0.717, 1.165) is 41.1 Å². The van der Waals surface area contributed by atoms with Crippen LogP contribution < -0.4 is 11.3 Å². The van der Waals surface area contributed by atoms with Gasteiger partial charge in [0.25, 0.3) is 0 Å². The number of fused-ring (bicyclic) bond motifs is 1. The van der Waals surface area contributed by atoms with Gasteiger partial charge in [0.15, 0.2) is 0 Å². The number of rotatable bonds is 4. The first kappa shape index (κ1) is 13.7. The molecule has 1 aromatic carbocycles. The van der Waals surface area contributed by atoms with Crippen LogP contribution in [-0.2, 0) is 10.5 Å². The van der Waals surface area contributed by atoms with Crippen molar-refractivity contribution in [3.63, 3.8) is 0 Å². The summed E-state index contributed by atoms with van der Waals surface area (Å²) >= 11 is 1.92. The Kier molecular flexibility index (Phi) is 4.10. The van der Waals surface area contributed by atoms with Gasteiger partial charge >= 0.3 is 0 Å². The van der Waals surface area contributed by atoms with Gasteiger partial charge in [0, 0.05) is 28.6 Å². The first-order valence-corrected chi connectivity index (χ1v) is 7.91. The smallest absolute Gasteiger partial charge is 0.144 e. The van der Waals surface area contributed by atoms with Crippen molar-refractivity contribution in [2.24, 2.45) is 5.84 Å². The molecule has 3 N–H and O–H groups in total. The maximum atomic E-state index is 5.61. The normalized spacial score (nSPS) is 22.3. The second-order valence-electron chi connectivity index (χ2n) is 5.05. The van der Waals surface area contributed by atoms with Crippen molar-refractivity contribution in [2.75, 3.05) is 12.0 Å². The standard InChI is InChI=1S/C15H19N3OS/c1-10-14(6-7-19-10)20-9-12-8-11-4-2-3-5-13(11)17-15(12)18-16/h2-5,8,10,14H,6-7,9,16H2,1H3,(H,17,18). The summed E-state index contributed by atoms with van der Waals surface area (Å²) in [5, 5.41) is 1.71. The van der Waals surface area contributed by atoms with Crippen molar-refractivity contribution in [3.8, 4) is 0 Å². The molecule has 2 atom stereocenters. The number of hydrazine groups is 1. The third-order valence-electron chi connectivity index (χ3n) is 3.70. The number of benzene rings is 1. The number of nitrogens with two attached hydrogens (primary N) is 1. The van der Waals surface area contributed by atoms with E-state index in [1.54, 1.807) is 0 Å². The molecule has 0 amide bonds. The molecule has 106 valence electrons. The molecular weight excluding hydrogens is 270 g/mol. The van der Waals surface area contributed by atoms with Crippen LogP contribution in [0.2, 0.25) is 0 Å². The van der Waals surface area contributed by atoms with Crippen LogP contribution in [-0.4, -0.2) is 22.9 Å². The van der Waals surface area contributed by atoms with Crippen molar-refractivity contribution in [3.05, 3.63) is 35.9 Å². The van der Waals surface area contributed by atoms with E-state index in [1.807, 2.05) is 30.0 Å². The molecule has 1 fully saturated rings. The number of ether oxygens (including phenoxy) is 1. The number of nitrogen functional groups attached to an aromatic ring is 1. The third-order valence-corrected chi connectivity index (χ3v) is 5.22. The number of nitrogens with zero attached hydrogens (tertiary/aromatic N) is 1. The summed E-state index contributed by atoms with van der Waals surface area (Å²) in [7, 11) is 0. The number of pyridine rings is 1. The molecule has 2 unspecified atom stereocenters. The number of hydrogen-bond donors (Lipinski definition) is 2. The van der Waals surface area contributed by atoms with E-state index in [-0.39, 0.29) is 0 Å². The fraction of sp³-hybridized carbons (Fsp3) is 0.400. The number of nitrogens with one attached hydrogen (secondary N) is 1. The average molecular weight is 289 g/mol. The van der Waals surface area contributed by atoms with Gasteiger partial charge in [-0.1, -0.05) is 18.2 Å². The maximum absolute atomic E-state index is 5.61. The zero-order chi connectivity index (χ0) is 13.9. The topological polar surface area (TPSA) is 60.2 Å². The minimum atomic E-state index is 0.336. The highest BCUT2D eigenvalue weighted by molar-refractivity contribution is 7.99. The van der Waals surface area contributed by atoms with Crippen molar-refractivity contribution in [1.29, 1.82) is 0 Å². The van der Waals surface area contributed by atoms with Gasteiger partial charge in [-0.25, -0.2) is 10.8 Å². The minimum absolute atomic E-state index is 0.336. The van der Waals surface area contributed by atoms with Crippen LogP contribution in [0.1, 0.15) is 18.9 Å². The molecule has 1 saturated heterocycles. The van der Waals surface area contributed by atoms with Gasteiger partial charge in [0.05, 0.1) is 11.6 Å². The van der Waals surface area contributed by atoms with Crippen LogP contribution in [0.15, 0.2) is 30.3 Å². The largest absolute Gasteiger partial charge is 0.377 e. The van der Waals surface area contributed by atoms with E-state index in [1.165, 1.54) is 0 Å². The molecule has 0 radical (unpaired) electrons. The summed E-state index contributed by atoms with van der Waals surface area (Å²) in [6.07, 6.45) is 1.46. The summed E-state index contributed by atoms with van der Waals surface area (Å²) in [5.74, 6) is 7.27. The van der Waals surface area contributed by atoms with E-state index in [9.17, 15) is 0 Å². The Bertz CT molecular complexity index is 605. The lowest BCUT2D eigenvalue weighted by Crippen LogP contribution is -2.15. The van der Waals surface area contributed by atoms with Crippen LogP contribution in [0.3, 0.4) is 0 Å². The van der Waals surface area contributed by atoms with Crippen molar-refractivity contribution >= 4 is 28.5 Å². The van der Waals surface area contributed by atoms with Gasteiger partial charge < -0.3 is 10.2 Å². The van der Waals surface area contributed by atoms with Crippen LogP contribution >= 0.6 is 11.8 Å². The average Bonchev–Trinajstić information content (AvgIpc) is 2.89. The van der Waals surface area contributed by atoms with Crippen molar-refractivity contribution in [1.82, 2.24) is 4.98 Å². The van der Waals surface area contributed by atoms with Gasteiger partial charge in [0.2, 0.25) is 0 Å². The van der Waals surface area contributed by atoms with Gasteiger partial charge in [-0.15, -0.1) is 0 Å². The minimum Gasteiger partial charge on any atom is -0.377 e. The zero-order valence-electron chi connectivity index (χ0n) is 11.5. The van der Waals surface area contributed by atoms with Crippen LogP contribution in [0.25, 0.3) is 10.9 Å². The van der Waals surface area contributed by atoms with Gasteiger partial charge in [-0.2, -0.15) is 11.8 Å². The Hall–Kier alpha value is -1.30. The van der Waals surface area contributed by atoms with Crippen LogP contribution in [0.5, 0.6) is 0 Å². The SMILES string of the molecule is CC1OCCC1SCc1cc2ccccc2nc1NN. The second-order valence-corrected chi connectivity index (χ2v) is 6.27. The van der Waals surface area contributed by atoms with Gasteiger partial charge in [0.1, 0.15) is 5.82 Å². The van der Waals surface area contributed by atoms with E-state index in [0.29, 0.717) is 11.4 Å². The molecule has 2 aromatic rings. The highest BCUT2D eigenvalue weighted by Gasteiger charge is 2.24. The maximum Gasteiger partial charge on any atom is 0.144 e. The Morgan fingerprint density at radius 1 is 1.45 bits per heavy atom. The Morgan fingerprint density at radius 3 is 3.05 bits per heavy atom. The highest BCUT2D eigenvalue weighted by atomic mass is 32.2. The molecule has 2 heterocycles. The van der Waals surface area contributed by atoms with Crippen LogP contribution in [0, 0.1) is 0 Å². The number of aromatic nitrogens is 1. The molecule has 0 aliphatic carbocycles. The van der Waals surface area contributed by atoms with E-state index < -0.39 is 0 Å². The predicted octanol–water partition coefficient (Wildman–Crippen LogP) is 2.93. The summed E-state index contributed by atoms with van der Waals surface area (Å²) in [6, 6.07) is 10.3. The highest BCUT2D eigenvalue weighted by Crippen LogP contribution is 2.31. The third kappa shape index (κ3) is 2.75. The lowest BCUT2D eigenvalue weighted by Gasteiger charge is -2.15. The molecule has 4 nitrogen and oxygen atoms in total. The number of para-hydroxylation sites is 1. The Labute approximate surface area is 123 Å². The lowest BCUT2D eigenvalue weighted by atomic mass is 10.1. The van der Waals surface area contributed by atoms with E-state index >= 15 is 0 Å². The van der Waals surface area contributed by atoms with E-state index in [2.05, 4.69) is 29.5 Å². The van der Waals surface area contributed by atoms with Crippen molar-refractivity contribution in [2.45, 2.75) is 30.5 Å². The summed E-state index contributed by atoms with van der Waals surface area (Å²) in [6.45, 7) is 3.02. The predicted molar refractivity (Wildman–Crippen MR) is 84.7 cm³/mol. The zero-order valence-corrected chi connectivity index (χ0v) is 12.3. The van der Waals surface area contributed by atoms with Gasteiger partial charge in [-0.3, -0.25) is 0 Å². The molecule has 3 rings (SSSR count). The summed E-state index contributed by atoms with van der Waals surface area (Å²) < 4.78 is 5.60. The monoisotopic (exact) mass is 289 g/mol. The number of hydrogen-bond acceptors (Lipinski definition) is 5. The molecular formula is C15H19N3OS. The summed E-state index contributed by atoms with van der Waals surface area (Å²) in [4.78, 5) is 4.58. The molecule has 0 spiro atoms. The van der Waals surface area contributed by atoms with Crippen LogP contribution in [0.4, 0.5) is 5.82 Å². The summed E-state index contributed by atoms with van der Waals surface area (Å²) in [5.41, 5.74) is 4.83. The first-order chi connectivity index (χ1) is 9.78. The fourth-order valence-electron chi connectivity index (χ4n) is 2.52. The molecule has 1 aliphatic rings. The molecule has 1 aromatic heterocycles. The fourth-order valence-corrected chi connectivity index (χ4v) is 3.75. The van der Waals surface area contributed by atoms with Crippen molar-refractivity contribution < 1.29 is 4.74 Å². The van der Waals surface area contributed by atoms with Gasteiger partial charge in [-0.05, 0) is 25.5 Å². The Balaban J connectivity index is 1.82. The molecule has 0 saturated carbocycles. The first-order valence-electron chi connectivity index (χ1n) is 6.86. The number of anilines is 1.